The van der Waals surface area contributed by atoms with Crippen molar-refractivity contribution in [2.75, 3.05) is 13.1 Å². The topological polar surface area (TPSA) is 77.9 Å². The average molecular weight is 451 g/mol. The minimum absolute atomic E-state index is 0.0924. The predicted molar refractivity (Wildman–Crippen MR) is 111 cm³/mol. The van der Waals surface area contributed by atoms with Gasteiger partial charge in [-0.3, -0.25) is 5.21 Å². The molecule has 2 aliphatic rings. The van der Waals surface area contributed by atoms with Gasteiger partial charge in [0.15, 0.2) is 9.84 Å². The summed E-state index contributed by atoms with van der Waals surface area (Å²) in [6.45, 7) is 0.621. The highest BCUT2D eigenvalue weighted by molar-refractivity contribution is 7.99. The highest BCUT2D eigenvalue weighted by Crippen LogP contribution is 2.31. The molecular weight excluding hydrogens is 427 g/mol. The van der Waals surface area contributed by atoms with Gasteiger partial charge in [-0.1, -0.05) is 11.8 Å². The van der Waals surface area contributed by atoms with E-state index in [1.807, 2.05) is 0 Å². The van der Waals surface area contributed by atoms with Crippen LogP contribution in [0.5, 0.6) is 0 Å². The van der Waals surface area contributed by atoms with Crippen molar-refractivity contribution in [3.05, 3.63) is 54.3 Å². The van der Waals surface area contributed by atoms with Crippen molar-refractivity contribution in [3.8, 4) is 0 Å². The van der Waals surface area contributed by atoms with E-state index in [1.54, 1.807) is 36.4 Å². The number of rotatable bonds is 5. The Bertz CT molecular complexity index is 1000. The number of urea groups is 1. The molecule has 1 aliphatic carbocycles. The summed E-state index contributed by atoms with van der Waals surface area (Å²) in [5.41, 5.74) is 0. The molecular formula is C21H23FN2O4S2. The molecule has 1 saturated carbocycles. The van der Waals surface area contributed by atoms with Crippen LogP contribution in [0.2, 0.25) is 0 Å². The van der Waals surface area contributed by atoms with E-state index in [1.165, 1.54) is 28.8 Å². The van der Waals surface area contributed by atoms with E-state index in [2.05, 4.69) is 0 Å². The lowest BCUT2D eigenvalue weighted by atomic mass is 10.1. The molecule has 0 atom stereocenters. The number of nitrogens with zero attached hydrogens (tertiary/aromatic N) is 2. The summed E-state index contributed by atoms with van der Waals surface area (Å²) in [5, 5.41) is 10.1. The molecule has 2 aromatic rings. The maximum absolute atomic E-state index is 13.0. The molecule has 0 unspecified atom stereocenters. The van der Waals surface area contributed by atoms with Gasteiger partial charge < -0.3 is 4.90 Å². The van der Waals surface area contributed by atoms with E-state index < -0.39 is 21.1 Å². The van der Waals surface area contributed by atoms with Gasteiger partial charge in [0.1, 0.15) is 5.82 Å². The zero-order valence-electron chi connectivity index (χ0n) is 16.3. The molecule has 0 radical (unpaired) electrons. The van der Waals surface area contributed by atoms with Crippen molar-refractivity contribution >= 4 is 27.6 Å². The molecule has 1 heterocycles. The van der Waals surface area contributed by atoms with E-state index in [-0.39, 0.29) is 16.8 Å². The zero-order valence-corrected chi connectivity index (χ0v) is 17.9. The minimum atomic E-state index is -3.50. The zero-order chi connectivity index (χ0) is 21.3. The van der Waals surface area contributed by atoms with Gasteiger partial charge in [0.2, 0.25) is 0 Å². The number of hydrogen-bond acceptors (Lipinski definition) is 5. The van der Waals surface area contributed by atoms with E-state index in [9.17, 15) is 22.8 Å². The second-order valence-corrected chi connectivity index (χ2v) is 11.0. The second kappa shape index (κ2) is 8.56. The Kier molecular flexibility index (Phi) is 6.04. The smallest absolute Gasteiger partial charge is 0.323 e. The molecule has 0 bridgehead atoms. The maximum Gasteiger partial charge on any atom is 0.343 e. The molecule has 0 aromatic heterocycles. The van der Waals surface area contributed by atoms with Crippen molar-refractivity contribution in [1.29, 1.82) is 0 Å². The first-order valence-corrected chi connectivity index (χ1v) is 12.3. The molecule has 0 spiro atoms. The van der Waals surface area contributed by atoms with Crippen LogP contribution in [0.25, 0.3) is 0 Å². The Labute approximate surface area is 179 Å². The lowest BCUT2D eigenvalue weighted by Gasteiger charge is -2.33. The quantitative estimate of drug-likeness (QED) is 0.546. The third kappa shape index (κ3) is 4.63. The number of carbonyl (C=O) groups is 1. The summed E-state index contributed by atoms with van der Waals surface area (Å²) in [7, 11) is -3.50. The van der Waals surface area contributed by atoms with Crippen LogP contribution >= 0.6 is 11.8 Å². The Balaban J connectivity index is 1.37. The minimum Gasteiger partial charge on any atom is -0.323 e. The highest BCUT2D eigenvalue weighted by atomic mass is 32.2. The average Bonchev–Trinajstić information content (AvgIpc) is 3.60. The van der Waals surface area contributed by atoms with E-state index >= 15 is 0 Å². The second-order valence-electron chi connectivity index (χ2n) is 7.62. The van der Waals surface area contributed by atoms with Gasteiger partial charge in [-0.2, -0.15) is 0 Å². The van der Waals surface area contributed by atoms with Gasteiger partial charge in [0.25, 0.3) is 0 Å². The van der Waals surface area contributed by atoms with Crippen LogP contribution in [0.4, 0.5) is 9.18 Å². The lowest BCUT2D eigenvalue weighted by molar-refractivity contribution is -0.0653. The third-order valence-corrected chi connectivity index (χ3v) is 8.74. The molecule has 1 N–H and O–H groups in total. The number of benzene rings is 2. The number of hydroxylamine groups is 2. The number of sulfone groups is 1. The van der Waals surface area contributed by atoms with E-state index in [0.29, 0.717) is 25.9 Å². The fourth-order valence-corrected chi connectivity index (χ4v) is 6.05. The summed E-state index contributed by atoms with van der Waals surface area (Å²) in [6, 6.07) is 12.3. The van der Waals surface area contributed by atoms with E-state index in [4.69, 9.17) is 0 Å². The van der Waals surface area contributed by atoms with Crippen LogP contribution in [0, 0.1) is 5.82 Å². The fraction of sp³-hybridized carbons (Fsp3) is 0.381. The fourth-order valence-electron chi connectivity index (χ4n) is 3.51. The number of likely N-dealkylation sites (tertiary alicyclic amines) is 1. The molecule has 6 nitrogen and oxygen atoms in total. The lowest BCUT2D eigenvalue weighted by Crippen LogP contribution is -2.48. The molecule has 9 heteroatoms. The van der Waals surface area contributed by atoms with Crippen LogP contribution < -0.4 is 0 Å². The largest absolute Gasteiger partial charge is 0.343 e. The normalized spacial score (nSPS) is 17.7. The van der Waals surface area contributed by atoms with Crippen molar-refractivity contribution in [1.82, 2.24) is 9.96 Å². The molecule has 1 aliphatic heterocycles. The number of amides is 2. The van der Waals surface area contributed by atoms with Crippen molar-refractivity contribution in [2.45, 2.75) is 51.7 Å². The Morgan fingerprint density at radius 1 is 0.967 bits per heavy atom. The predicted octanol–water partition coefficient (Wildman–Crippen LogP) is 4.19. The first-order valence-electron chi connectivity index (χ1n) is 9.89. The SMILES string of the molecule is O=C(N1CCC(S(=O)(=O)c2ccc(Sc3ccc(F)cc3)cc2)CC1)N(O)C1CC1. The van der Waals surface area contributed by atoms with Crippen molar-refractivity contribution < 1.29 is 22.8 Å². The van der Waals surface area contributed by atoms with Crippen molar-refractivity contribution in [3.63, 3.8) is 0 Å². The van der Waals surface area contributed by atoms with Crippen LogP contribution in [-0.2, 0) is 9.84 Å². The van der Waals surface area contributed by atoms with Gasteiger partial charge >= 0.3 is 6.03 Å². The number of hydrogen-bond donors (Lipinski definition) is 1. The molecule has 4 rings (SSSR count). The van der Waals surface area contributed by atoms with Gasteiger partial charge in [0.05, 0.1) is 16.2 Å². The number of piperidine rings is 1. The molecule has 160 valence electrons. The number of carbonyl (C=O) groups excluding carboxylic acids is 1. The Morgan fingerprint density at radius 2 is 1.50 bits per heavy atom. The third-order valence-electron chi connectivity index (χ3n) is 5.44. The standard InChI is InChI=1S/C21H23FN2O4S2/c22-15-1-5-17(6-2-15)29-18-7-9-19(10-8-18)30(27,28)20-11-13-23(14-12-20)21(25)24(26)16-3-4-16/h1-2,5-10,16,20,26H,3-4,11-14H2. The number of halogens is 1. The van der Waals surface area contributed by atoms with Crippen LogP contribution in [-0.4, -0.2) is 54.0 Å². The Morgan fingerprint density at radius 3 is 2.03 bits per heavy atom. The highest BCUT2D eigenvalue weighted by Gasteiger charge is 2.37. The summed E-state index contributed by atoms with van der Waals surface area (Å²) in [4.78, 5) is 15.8. The molecule has 30 heavy (non-hydrogen) atoms. The van der Waals surface area contributed by atoms with Crippen molar-refractivity contribution in [2.24, 2.45) is 0 Å². The maximum atomic E-state index is 13.0. The summed E-state index contributed by atoms with van der Waals surface area (Å²) < 4.78 is 39.0. The van der Waals surface area contributed by atoms with Gasteiger partial charge in [-0.25, -0.2) is 22.7 Å². The monoisotopic (exact) mass is 450 g/mol. The summed E-state index contributed by atoms with van der Waals surface area (Å²) in [6.07, 6.45) is 2.31. The molecule has 2 aromatic carbocycles. The molecule has 1 saturated heterocycles. The first kappa shape index (κ1) is 21.1. The van der Waals surface area contributed by atoms with Crippen LogP contribution in [0.15, 0.2) is 63.2 Å². The van der Waals surface area contributed by atoms with Gasteiger partial charge in [-0.05, 0) is 74.2 Å². The Hall–Kier alpha value is -2.10. The summed E-state index contributed by atoms with van der Waals surface area (Å²) >= 11 is 1.43. The van der Waals surface area contributed by atoms with Crippen LogP contribution in [0.1, 0.15) is 25.7 Å². The van der Waals surface area contributed by atoms with Gasteiger partial charge in [0, 0.05) is 22.9 Å². The van der Waals surface area contributed by atoms with Crippen LogP contribution in [0.3, 0.4) is 0 Å². The first-order chi connectivity index (χ1) is 14.3. The molecule has 2 amide bonds. The van der Waals surface area contributed by atoms with Gasteiger partial charge in [-0.15, -0.1) is 0 Å². The van der Waals surface area contributed by atoms with E-state index in [0.717, 1.165) is 27.7 Å². The molecule has 2 fully saturated rings. The summed E-state index contributed by atoms with van der Waals surface area (Å²) in [5.74, 6) is -0.298.